The molecule has 0 spiro atoms. The van der Waals surface area contributed by atoms with Crippen LogP contribution in [0.2, 0.25) is 0 Å². The first-order chi connectivity index (χ1) is 8.75. The van der Waals surface area contributed by atoms with Crippen molar-refractivity contribution in [2.75, 3.05) is 0 Å². The molecule has 0 aliphatic carbocycles. The standard InChI is InChI=1S/C18H20/c1-15(13-17-9-5-3-6-10-17)16(2)14-18-11-7-4-8-12-18/h3-12,16H,1,13-14H2,2H3. The zero-order valence-corrected chi connectivity index (χ0v) is 11.0. The second-order valence-corrected chi connectivity index (χ2v) is 4.91. The van der Waals surface area contributed by atoms with Gasteiger partial charge in [0, 0.05) is 0 Å². The molecule has 0 heteroatoms. The summed E-state index contributed by atoms with van der Waals surface area (Å²) in [5.74, 6) is 0.521. The van der Waals surface area contributed by atoms with Gasteiger partial charge < -0.3 is 0 Å². The molecule has 0 radical (unpaired) electrons. The van der Waals surface area contributed by atoms with Crippen molar-refractivity contribution < 1.29 is 0 Å². The predicted molar refractivity (Wildman–Crippen MR) is 78.6 cm³/mol. The predicted octanol–water partition coefficient (Wildman–Crippen LogP) is 4.66. The molecule has 0 saturated carbocycles. The van der Waals surface area contributed by atoms with Crippen LogP contribution in [-0.4, -0.2) is 0 Å². The number of benzene rings is 2. The Morgan fingerprint density at radius 2 is 1.39 bits per heavy atom. The van der Waals surface area contributed by atoms with Crippen molar-refractivity contribution >= 4 is 0 Å². The Hall–Kier alpha value is -1.82. The highest BCUT2D eigenvalue weighted by Crippen LogP contribution is 2.19. The molecule has 2 aromatic carbocycles. The van der Waals surface area contributed by atoms with E-state index in [0.717, 1.165) is 12.8 Å². The minimum atomic E-state index is 0.521. The van der Waals surface area contributed by atoms with E-state index in [-0.39, 0.29) is 0 Å². The van der Waals surface area contributed by atoms with Crippen LogP contribution in [-0.2, 0) is 12.8 Å². The van der Waals surface area contributed by atoms with Gasteiger partial charge in [0.25, 0.3) is 0 Å². The van der Waals surface area contributed by atoms with Gasteiger partial charge in [-0.2, -0.15) is 0 Å². The first-order valence-corrected chi connectivity index (χ1v) is 6.51. The van der Waals surface area contributed by atoms with E-state index >= 15 is 0 Å². The molecule has 0 fully saturated rings. The molecule has 0 amide bonds. The highest BCUT2D eigenvalue weighted by Gasteiger charge is 2.08. The molecule has 18 heavy (non-hydrogen) atoms. The first kappa shape index (κ1) is 12.6. The van der Waals surface area contributed by atoms with E-state index in [0.29, 0.717) is 5.92 Å². The molecule has 92 valence electrons. The van der Waals surface area contributed by atoms with Crippen LogP contribution in [0.3, 0.4) is 0 Å². The van der Waals surface area contributed by atoms with Crippen LogP contribution in [0.1, 0.15) is 18.1 Å². The maximum atomic E-state index is 4.25. The lowest BCUT2D eigenvalue weighted by molar-refractivity contribution is 0.662. The minimum Gasteiger partial charge on any atom is -0.0992 e. The largest absolute Gasteiger partial charge is 0.0992 e. The molecular formula is C18H20. The lowest BCUT2D eigenvalue weighted by Gasteiger charge is -2.15. The van der Waals surface area contributed by atoms with Gasteiger partial charge in [-0.15, -0.1) is 0 Å². The molecule has 0 nitrogen and oxygen atoms in total. The second-order valence-electron chi connectivity index (χ2n) is 4.91. The SMILES string of the molecule is C=C(Cc1ccccc1)C(C)Cc1ccccc1. The molecule has 1 unspecified atom stereocenters. The van der Waals surface area contributed by atoms with E-state index in [9.17, 15) is 0 Å². The highest BCUT2D eigenvalue weighted by atomic mass is 14.1. The first-order valence-electron chi connectivity index (χ1n) is 6.51. The van der Waals surface area contributed by atoms with Gasteiger partial charge in [0.2, 0.25) is 0 Å². The Morgan fingerprint density at radius 3 is 1.94 bits per heavy atom. The summed E-state index contributed by atoms with van der Waals surface area (Å²) in [5.41, 5.74) is 4.05. The van der Waals surface area contributed by atoms with Gasteiger partial charge in [0.05, 0.1) is 0 Å². The number of hydrogen-bond acceptors (Lipinski definition) is 0. The molecular weight excluding hydrogens is 216 g/mol. The third kappa shape index (κ3) is 3.59. The molecule has 0 aliphatic heterocycles. The third-order valence-corrected chi connectivity index (χ3v) is 3.36. The average Bonchev–Trinajstić information content (AvgIpc) is 2.41. The van der Waals surface area contributed by atoms with Crippen LogP contribution in [0.15, 0.2) is 72.8 Å². The van der Waals surface area contributed by atoms with Crippen LogP contribution in [0.25, 0.3) is 0 Å². The topological polar surface area (TPSA) is 0 Å². The minimum absolute atomic E-state index is 0.521. The maximum absolute atomic E-state index is 4.25. The van der Waals surface area contributed by atoms with E-state index in [1.54, 1.807) is 0 Å². The molecule has 0 heterocycles. The van der Waals surface area contributed by atoms with Crippen LogP contribution in [0.4, 0.5) is 0 Å². The summed E-state index contributed by atoms with van der Waals surface area (Å²) in [6, 6.07) is 21.2. The monoisotopic (exact) mass is 236 g/mol. The number of allylic oxidation sites excluding steroid dienone is 1. The van der Waals surface area contributed by atoms with Crippen molar-refractivity contribution in [2.24, 2.45) is 5.92 Å². The molecule has 2 aromatic rings. The van der Waals surface area contributed by atoms with Crippen molar-refractivity contribution in [3.63, 3.8) is 0 Å². The molecule has 1 atom stereocenters. The van der Waals surface area contributed by atoms with E-state index in [1.165, 1.54) is 16.7 Å². The molecule has 0 bridgehead atoms. The van der Waals surface area contributed by atoms with Crippen LogP contribution >= 0.6 is 0 Å². The summed E-state index contributed by atoms with van der Waals surface area (Å²) in [5, 5.41) is 0. The summed E-state index contributed by atoms with van der Waals surface area (Å²) in [7, 11) is 0. The highest BCUT2D eigenvalue weighted by molar-refractivity contribution is 5.23. The fraction of sp³-hybridized carbons (Fsp3) is 0.222. The molecule has 0 aliphatic rings. The van der Waals surface area contributed by atoms with Crippen LogP contribution in [0, 0.1) is 5.92 Å². The van der Waals surface area contributed by atoms with Crippen molar-refractivity contribution in [3.8, 4) is 0 Å². The molecule has 2 rings (SSSR count). The quantitative estimate of drug-likeness (QED) is 0.662. The lowest BCUT2D eigenvalue weighted by atomic mass is 9.90. The molecule has 0 saturated heterocycles. The Balaban J connectivity index is 1.93. The van der Waals surface area contributed by atoms with Crippen molar-refractivity contribution in [2.45, 2.75) is 19.8 Å². The Kier molecular flexibility index (Phi) is 4.35. The summed E-state index contributed by atoms with van der Waals surface area (Å²) in [4.78, 5) is 0. The van der Waals surface area contributed by atoms with Gasteiger partial charge in [0.1, 0.15) is 0 Å². The fourth-order valence-corrected chi connectivity index (χ4v) is 2.14. The Morgan fingerprint density at radius 1 is 0.889 bits per heavy atom. The lowest BCUT2D eigenvalue weighted by Crippen LogP contribution is -2.05. The second kappa shape index (κ2) is 6.20. The molecule has 0 N–H and O–H groups in total. The number of rotatable bonds is 5. The van der Waals surface area contributed by atoms with E-state index in [2.05, 4.69) is 74.2 Å². The maximum Gasteiger partial charge on any atom is -0.00670 e. The normalized spacial score (nSPS) is 12.1. The van der Waals surface area contributed by atoms with Crippen LogP contribution < -0.4 is 0 Å². The number of hydrogen-bond donors (Lipinski definition) is 0. The Bertz CT molecular complexity index is 482. The third-order valence-electron chi connectivity index (χ3n) is 3.36. The zero-order chi connectivity index (χ0) is 12.8. The molecule has 0 aromatic heterocycles. The zero-order valence-electron chi connectivity index (χ0n) is 11.0. The summed E-state index contributed by atoms with van der Waals surface area (Å²) in [6.07, 6.45) is 2.06. The van der Waals surface area contributed by atoms with Gasteiger partial charge in [-0.1, -0.05) is 79.7 Å². The van der Waals surface area contributed by atoms with E-state index in [4.69, 9.17) is 0 Å². The van der Waals surface area contributed by atoms with Gasteiger partial charge in [-0.3, -0.25) is 0 Å². The smallest absolute Gasteiger partial charge is 0.00670 e. The summed E-state index contributed by atoms with van der Waals surface area (Å²) >= 11 is 0. The van der Waals surface area contributed by atoms with E-state index in [1.807, 2.05) is 0 Å². The van der Waals surface area contributed by atoms with Crippen LogP contribution in [0.5, 0.6) is 0 Å². The summed E-state index contributed by atoms with van der Waals surface area (Å²) < 4.78 is 0. The van der Waals surface area contributed by atoms with Gasteiger partial charge >= 0.3 is 0 Å². The fourth-order valence-electron chi connectivity index (χ4n) is 2.14. The van der Waals surface area contributed by atoms with Crippen molar-refractivity contribution in [1.82, 2.24) is 0 Å². The average molecular weight is 236 g/mol. The van der Waals surface area contributed by atoms with Crippen molar-refractivity contribution in [1.29, 1.82) is 0 Å². The van der Waals surface area contributed by atoms with Gasteiger partial charge in [0.15, 0.2) is 0 Å². The van der Waals surface area contributed by atoms with Gasteiger partial charge in [-0.25, -0.2) is 0 Å². The van der Waals surface area contributed by atoms with E-state index < -0.39 is 0 Å². The van der Waals surface area contributed by atoms with Crippen molar-refractivity contribution in [3.05, 3.63) is 83.9 Å². The van der Waals surface area contributed by atoms with Gasteiger partial charge in [-0.05, 0) is 29.9 Å². The summed E-state index contributed by atoms with van der Waals surface area (Å²) in [6.45, 7) is 6.51. The Labute approximate surface area is 110 Å².